The lowest BCUT2D eigenvalue weighted by molar-refractivity contribution is -0.0990. The van der Waals surface area contributed by atoms with Gasteiger partial charge in [0.2, 0.25) is 0 Å². The Balaban J connectivity index is 2.57. The van der Waals surface area contributed by atoms with Crippen LogP contribution in [0.5, 0.6) is 0 Å². The molecular formula is C14H30N2O. The third kappa shape index (κ3) is 4.23. The van der Waals surface area contributed by atoms with Gasteiger partial charge in [-0.1, -0.05) is 26.2 Å². The van der Waals surface area contributed by atoms with E-state index in [9.17, 15) is 0 Å². The highest BCUT2D eigenvalue weighted by atomic mass is 16.5. The van der Waals surface area contributed by atoms with Crippen LogP contribution in [0.4, 0.5) is 0 Å². The SMILES string of the molecule is CCCCCC(C)(CN)N1CC(C)OC(C)C1. The number of hydrogen-bond donors (Lipinski definition) is 1. The van der Waals surface area contributed by atoms with Gasteiger partial charge in [-0.05, 0) is 27.2 Å². The van der Waals surface area contributed by atoms with Crippen LogP contribution in [-0.4, -0.2) is 42.3 Å². The van der Waals surface area contributed by atoms with Gasteiger partial charge < -0.3 is 10.5 Å². The summed E-state index contributed by atoms with van der Waals surface area (Å²) >= 11 is 0. The zero-order valence-corrected chi connectivity index (χ0v) is 12.0. The molecule has 3 unspecified atom stereocenters. The molecule has 0 aliphatic carbocycles. The van der Waals surface area contributed by atoms with Gasteiger partial charge in [-0.2, -0.15) is 0 Å². The van der Waals surface area contributed by atoms with Gasteiger partial charge in [0.25, 0.3) is 0 Å². The summed E-state index contributed by atoms with van der Waals surface area (Å²) in [6.45, 7) is 11.7. The molecule has 3 atom stereocenters. The summed E-state index contributed by atoms with van der Waals surface area (Å²) in [4.78, 5) is 2.54. The van der Waals surface area contributed by atoms with Crippen molar-refractivity contribution >= 4 is 0 Å². The van der Waals surface area contributed by atoms with E-state index in [1.54, 1.807) is 0 Å². The smallest absolute Gasteiger partial charge is 0.0678 e. The molecule has 0 aromatic heterocycles. The molecule has 1 aliphatic heterocycles. The maximum atomic E-state index is 6.03. The minimum absolute atomic E-state index is 0.154. The number of nitrogens with zero attached hydrogens (tertiary/aromatic N) is 1. The van der Waals surface area contributed by atoms with E-state index in [2.05, 4.69) is 32.6 Å². The second-order valence-corrected chi connectivity index (χ2v) is 5.82. The Morgan fingerprint density at radius 2 is 1.82 bits per heavy atom. The number of nitrogens with two attached hydrogens (primary N) is 1. The van der Waals surface area contributed by atoms with Crippen molar-refractivity contribution in [2.24, 2.45) is 5.73 Å². The fourth-order valence-corrected chi connectivity index (χ4v) is 2.76. The second kappa shape index (κ2) is 6.72. The Kier molecular flexibility index (Phi) is 5.90. The molecule has 0 bridgehead atoms. The molecule has 2 N–H and O–H groups in total. The number of hydrogen-bond acceptors (Lipinski definition) is 3. The first-order chi connectivity index (χ1) is 8.01. The Labute approximate surface area is 107 Å². The monoisotopic (exact) mass is 242 g/mol. The predicted octanol–water partition coefficient (Wildman–Crippen LogP) is 2.39. The van der Waals surface area contributed by atoms with Crippen LogP contribution in [0.25, 0.3) is 0 Å². The van der Waals surface area contributed by atoms with Gasteiger partial charge in [0, 0.05) is 25.2 Å². The summed E-state index contributed by atoms with van der Waals surface area (Å²) in [5, 5.41) is 0. The zero-order chi connectivity index (χ0) is 12.9. The van der Waals surface area contributed by atoms with E-state index < -0.39 is 0 Å². The van der Waals surface area contributed by atoms with Gasteiger partial charge in [0.05, 0.1) is 12.2 Å². The van der Waals surface area contributed by atoms with Crippen molar-refractivity contribution in [3.8, 4) is 0 Å². The van der Waals surface area contributed by atoms with Crippen LogP contribution in [0.3, 0.4) is 0 Å². The lowest BCUT2D eigenvalue weighted by atomic mass is 9.91. The van der Waals surface area contributed by atoms with Gasteiger partial charge >= 0.3 is 0 Å². The zero-order valence-electron chi connectivity index (χ0n) is 12.0. The normalized spacial score (nSPS) is 30.2. The van der Waals surface area contributed by atoms with Gasteiger partial charge in [0.1, 0.15) is 0 Å². The highest BCUT2D eigenvalue weighted by molar-refractivity contribution is 4.91. The fraction of sp³-hybridized carbons (Fsp3) is 1.00. The van der Waals surface area contributed by atoms with Crippen LogP contribution >= 0.6 is 0 Å². The molecule has 1 saturated heterocycles. The Morgan fingerprint density at radius 1 is 1.24 bits per heavy atom. The van der Waals surface area contributed by atoms with Gasteiger partial charge in [-0.25, -0.2) is 0 Å². The molecule has 0 spiro atoms. The van der Waals surface area contributed by atoms with Gasteiger partial charge in [-0.15, -0.1) is 0 Å². The maximum Gasteiger partial charge on any atom is 0.0678 e. The predicted molar refractivity (Wildman–Crippen MR) is 73.2 cm³/mol. The summed E-state index contributed by atoms with van der Waals surface area (Å²) in [7, 11) is 0. The Hall–Kier alpha value is -0.120. The highest BCUT2D eigenvalue weighted by Gasteiger charge is 2.35. The molecule has 17 heavy (non-hydrogen) atoms. The molecule has 0 saturated carbocycles. The Bertz CT molecular complexity index is 212. The second-order valence-electron chi connectivity index (χ2n) is 5.82. The summed E-state index contributed by atoms with van der Waals surface area (Å²) in [6, 6.07) is 0. The largest absolute Gasteiger partial charge is 0.373 e. The molecule has 0 radical (unpaired) electrons. The fourth-order valence-electron chi connectivity index (χ4n) is 2.76. The maximum absolute atomic E-state index is 6.03. The summed E-state index contributed by atoms with van der Waals surface area (Å²) in [5.41, 5.74) is 6.18. The molecule has 0 amide bonds. The van der Waals surface area contributed by atoms with E-state index in [1.165, 1.54) is 25.7 Å². The van der Waals surface area contributed by atoms with Crippen molar-refractivity contribution in [3.63, 3.8) is 0 Å². The first-order valence-corrected chi connectivity index (χ1v) is 7.12. The van der Waals surface area contributed by atoms with Crippen LogP contribution in [0.1, 0.15) is 53.4 Å². The third-order valence-corrected chi connectivity index (χ3v) is 3.94. The van der Waals surface area contributed by atoms with Crippen LogP contribution < -0.4 is 5.73 Å². The van der Waals surface area contributed by atoms with E-state index in [1.807, 2.05) is 0 Å². The van der Waals surface area contributed by atoms with E-state index in [4.69, 9.17) is 10.5 Å². The molecular weight excluding hydrogens is 212 g/mol. The lowest BCUT2D eigenvalue weighted by Gasteiger charge is -2.46. The highest BCUT2D eigenvalue weighted by Crippen LogP contribution is 2.25. The number of morpholine rings is 1. The van der Waals surface area contributed by atoms with Crippen molar-refractivity contribution in [3.05, 3.63) is 0 Å². The van der Waals surface area contributed by atoms with E-state index >= 15 is 0 Å². The molecule has 1 fully saturated rings. The topological polar surface area (TPSA) is 38.5 Å². The molecule has 0 aromatic carbocycles. The average Bonchev–Trinajstić information content (AvgIpc) is 2.28. The molecule has 3 heteroatoms. The molecule has 1 heterocycles. The van der Waals surface area contributed by atoms with E-state index in [0.29, 0.717) is 12.2 Å². The molecule has 1 rings (SSSR count). The van der Waals surface area contributed by atoms with Crippen molar-refractivity contribution in [1.82, 2.24) is 4.90 Å². The summed E-state index contributed by atoms with van der Waals surface area (Å²) < 4.78 is 5.80. The number of ether oxygens (including phenoxy) is 1. The van der Waals surface area contributed by atoms with E-state index in [-0.39, 0.29) is 5.54 Å². The molecule has 3 nitrogen and oxygen atoms in total. The number of rotatable bonds is 6. The first kappa shape index (κ1) is 14.9. The van der Waals surface area contributed by atoms with Crippen LogP contribution in [0.2, 0.25) is 0 Å². The van der Waals surface area contributed by atoms with Crippen molar-refractivity contribution < 1.29 is 4.74 Å². The van der Waals surface area contributed by atoms with Gasteiger partial charge in [-0.3, -0.25) is 4.90 Å². The minimum Gasteiger partial charge on any atom is -0.373 e. The van der Waals surface area contributed by atoms with Crippen LogP contribution in [-0.2, 0) is 4.74 Å². The lowest BCUT2D eigenvalue weighted by Crippen LogP contribution is -2.59. The average molecular weight is 242 g/mol. The molecule has 102 valence electrons. The standard InChI is InChI=1S/C14H30N2O/c1-5-6-7-8-14(4,11-15)16-9-12(2)17-13(3)10-16/h12-13H,5-11,15H2,1-4H3. The van der Waals surface area contributed by atoms with Crippen molar-refractivity contribution in [2.75, 3.05) is 19.6 Å². The van der Waals surface area contributed by atoms with Gasteiger partial charge in [0.15, 0.2) is 0 Å². The summed E-state index contributed by atoms with van der Waals surface area (Å²) in [6.07, 6.45) is 5.73. The van der Waals surface area contributed by atoms with Crippen molar-refractivity contribution in [1.29, 1.82) is 0 Å². The number of unbranched alkanes of at least 4 members (excludes halogenated alkanes) is 2. The third-order valence-electron chi connectivity index (χ3n) is 3.94. The molecule has 0 aromatic rings. The van der Waals surface area contributed by atoms with Crippen molar-refractivity contribution in [2.45, 2.75) is 71.1 Å². The van der Waals surface area contributed by atoms with Crippen LogP contribution in [0.15, 0.2) is 0 Å². The minimum atomic E-state index is 0.154. The Morgan fingerprint density at radius 3 is 2.29 bits per heavy atom. The first-order valence-electron chi connectivity index (χ1n) is 7.12. The van der Waals surface area contributed by atoms with E-state index in [0.717, 1.165) is 19.6 Å². The molecule has 1 aliphatic rings. The quantitative estimate of drug-likeness (QED) is 0.727. The summed E-state index contributed by atoms with van der Waals surface area (Å²) in [5.74, 6) is 0. The van der Waals surface area contributed by atoms with Crippen LogP contribution in [0, 0.1) is 0 Å².